The number of nitrogens with zero attached hydrogens (tertiary/aromatic N) is 1. The molecule has 0 aliphatic carbocycles. The SMILES string of the molecule is c1ccc(-c2ccc3c(c2)c2cc(-c4ccccc4)c4sc5ccccc5c4c2n3-c2ccccc2)cc1. The molecule has 0 N–H and O–H groups in total. The summed E-state index contributed by atoms with van der Waals surface area (Å²) < 4.78 is 5.13. The van der Waals surface area contributed by atoms with Crippen molar-refractivity contribution in [1.82, 2.24) is 4.57 Å². The van der Waals surface area contributed by atoms with Crippen molar-refractivity contribution >= 4 is 53.3 Å². The van der Waals surface area contributed by atoms with Gasteiger partial charge in [-0.2, -0.15) is 0 Å². The average Bonchev–Trinajstić information content (AvgIpc) is 3.53. The van der Waals surface area contributed by atoms with Gasteiger partial charge in [-0.05, 0) is 53.1 Å². The van der Waals surface area contributed by atoms with Crippen LogP contribution in [0.15, 0.2) is 140 Å². The number of fused-ring (bicyclic) bond motifs is 7. The number of benzene rings is 6. The van der Waals surface area contributed by atoms with Gasteiger partial charge >= 0.3 is 0 Å². The normalized spacial score (nSPS) is 11.7. The summed E-state index contributed by atoms with van der Waals surface area (Å²) >= 11 is 1.90. The molecule has 6 aromatic carbocycles. The molecule has 0 fully saturated rings. The molecule has 8 aromatic rings. The molecule has 178 valence electrons. The van der Waals surface area contributed by atoms with Gasteiger partial charge in [0.25, 0.3) is 0 Å². The Morgan fingerprint density at radius 2 is 1.13 bits per heavy atom. The Hall–Kier alpha value is -4.66. The largest absolute Gasteiger partial charge is 0.309 e. The summed E-state index contributed by atoms with van der Waals surface area (Å²) in [5.74, 6) is 0. The minimum absolute atomic E-state index is 1.18. The van der Waals surface area contributed by atoms with Crippen molar-refractivity contribution in [2.75, 3.05) is 0 Å². The first kappa shape index (κ1) is 21.4. The Kier molecular flexibility index (Phi) is 4.76. The van der Waals surface area contributed by atoms with Crippen LogP contribution in [0.1, 0.15) is 0 Å². The third-order valence-corrected chi connectivity index (χ3v) is 8.78. The zero-order valence-electron chi connectivity index (χ0n) is 20.6. The maximum absolute atomic E-state index is 2.47. The second kappa shape index (κ2) is 8.44. The molecule has 0 radical (unpaired) electrons. The van der Waals surface area contributed by atoms with Gasteiger partial charge in [-0.1, -0.05) is 103 Å². The number of para-hydroxylation sites is 1. The molecule has 0 atom stereocenters. The summed E-state index contributed by atoms with van der Waals surface area (Å²) in [6, 6.07) is 50.5. The Bertz CT molecular complexity index is 2100. The molecule has 1 nitrogen and oxygen atoms in total. The maximum Gasteiger partial charge on any atom is 0.0634 e. The van der Waals surface area contributed by atoms with E-state index in [-0.39, 0.29) is 0 Å². The lowest BCUT2D eigenvalue weighted by Crippen LogP contribution is -1.94. The fourth-order valence-electron chi connectivity index (χ4n) is 5.88. The summed E-state index contributed by atoms with van der Waals surface area (Å²) in [6.45, 7) is 0. The number of thiophene rings is 1. The van der Waals surface area contributed by atoms with Crippen LogP contribution in [0.2, 0.25) is 0 Å². The van der Waals surface area contributed by atoms with Crippen LogP contribution in [0.25, 0.3) is 69.9 Å². The van der Waals surface area contributed by atoms with E-state index in [0.717, 1.165) is 0 Å². The van der Waals surface area contributed by atoms with E-state index in [2.05, 4.69) is 144 Å². The number of hydrogen-bond donors (Lipinski definition) is 0. The van der Waals surface area contributed by atoms with Crippen LogP contribution < -0.4 is 0 Å². The van der Waals surface area contributed by atoms with Crippen LogP contribution in [-0.2, 0) is 0 Å². The van der Waals surface area contributed by atoms with Gasteiger partial charge in [0.1, 0.15) is 0 Å². The minimum atomic E-state index is 1.18. The zero-order chi connectivity index (χ0) is 25.1. The van der Waals surface area contributed by atoms with E-state index in [9.17, 15) is 0 Å². The summed E-state index contributed by atoms with van der Waals surface area (Å²) in [5, 5.41) is 5.22. The highest BCUT2D eigenvalue weighted by Crippen LogP contribution is 2.47. The molecule has 0 saturated carbocycles. The molecular weight excluding hydrogens is 478 g/mol. The molecule has 2 heteroatoms. The van der Waals surface area contributed by atoms with E-state index in [1.54, 1.807) is 0 Å². The average molecular weight is 502 g/mol. The highest BCUT2D eigenvalue weighted by atomic mass is 32.1. The number of hydrogen-bond acceptors (Lipinski definition) is 1. The van der Waals surface area contributed by atoms with Crippen molar-refractivity contribution in [2.45, 2.75) is 0 Å². The van der Waals surface area contributed by atoms with Crippen LogP contribution in [0.4, 0.5) is 0 Å². The highest BCUT2D eigenvalue weighted by Gasteiger charge is 2.21. The van der Waals surface area contributed by atoms with Gasteiger partial charge in [0.05, 0.1) is 11.0 Å². The van der Waals surface area contributed by atoms with Gasteiger partial charge in [-0.3, -0.25) is 0 Å². The van der Waals surface area contributed by atoms with Crippen molar-refractivity contribution in [3.8, 4) is 27.9 Å². The van der Waals surface area contributed by atoms with Gasteiger partial charge in [-0.25, -0.2) is 0 Å². The summed E-state index contributed by atoms with van der Waals surface area (Å²) in [7, 11) is 0. The van der Waals surface area contributed by atoms with Gasteiger partial charge < -0.3 is 4.57 Å². The van der Waals surface area contributed by atoms with Gasteiger partial charge in [0.2, 0.25) is 0 Å². The Labute approximate surface area is 224 Å². The predicted molar refractivity (Wildman–Crippen MR) is 165 cm³/mol. The molecule has 0 spiro atoms. The van der Waals surface area contributed by atoms with Crippen LogP contribution in [0, 0.1) is 0 Å². The van der Waals surface area contributed by atoms with Gasteiger partial charge in [0, 0.05) is 42.2 Å². The quantitative estimate of drug-likeness (QED) is 0.227. The van der Waals surface area contributed by atoms with Crippen LogP contribution in [0.3, 0.4) is 0 Å². The molecular formula is C36H23NS. The summed E-state index contributed by atoms with van der Waals surface area (Å²) in [5.41, 5.74) is 8.72. The van der Waals surface area contributed by atoms with E-state index >= 15 is 0 Å². The van der Waals surface area contributed by atoms with E-state index in [1.807, 2.05) is 11.3 Å². The molecule has 2 heterocycles. The van der Waals surface area contributed by atoms with E-state index in [0.29, 0.717) is 0 Å². The Morgan fingerprint density at radius 3 is 1.89 bits per heavy atom. The van der Waals surface area contributed by atoms with Crippen molar-refractivity contribution < 1.29 is 0 Å². The highest BCUT2D eigenvalue weighted by molar-refractivity contribution is 7.26. The zero-order valence-corrected chi connectivity index (χ0v) is 21.5. The topological polar surface area (TPSA) is 4.93 Å². The monoisotopic (exact) mass is 501 g/mol. The van der Waals surface area contributed by atoms with E-state index in [1.165, 1.54) is 69.9 Å². The molecule has 2 aromatic heterocycles. The molecule has 38 heavy (non-hydrogen) atoms. The van der Waals surface area contributed by atoms with Crippen LogP contribution in [-0.4, -0.2) is 4.57 Å². The molecule has 0 amide bonds. The number of rotatable bonds is 3. The second-order valence-electron chi connectivity index (χ2n) is 9.76. The minimum Gasteiger partial charge on any atom is -0.309 e. The van der Waals surface area contributed by atoms with E-state index < -0.39 is 0 Å². The third-order valence-electron chi connectivity index (χ3n) is 7.58. The molecule has 0 aliphatic heterocycles. The smallest absolute Gasteiger partial charge is 0.0634 e. The Morgan fingerprint density at radius 1 is 0.474 bits per heavy atom. The van der Waals surface area contributed by atoms with Crippen molar-refractivity contribution in [3.05, 3.63) is 140 Å². The Balaban J connectivity index is 1.61. The number of aromatic nitrogens is 1. The van der Waals surface area contributed by atoms with Gasteiger partial charge in [0.15, 0.2) is 0 Å². The summed E-state index contributed by atoms with van der Waals surface area (Å²) in [4.78, 5) is 0. The lowest BCUT2D eigenvalue weighted by molar-refractivity contribution is 1.19. The third kappa shape index (κ3) is 3.17. The first-order valence-corrected chi connectivity index (χ1v) is 13.8. The second-order valence-corrected chi connectivity index (χ2v) is 10.8. The van der Waals surface area contributed by atoms with Gasteiger partial charge in [-0.15, -0.1) is 11.3 Å². The molecule has 8 rings (SSSR count). The molecule has 0 aliphatic rings. The fraction of sp³-hybridized carbons (Fsp3) is 0. The molecule has 0 unspecified atom stereocenters. The fourth-order valence-corrected chi connectivity index (χ4v) is 7.12. The van der Waals surface area contributed by atoms with E-state index in [4.69, 9.17) is 0 Å². The van der Waals surface area contributed by atoms with Crippen molar-refractivity contribution in [2.24, 2.45) is 0 Å². The lowest BCUT2D eigenvalue weighted by atomic mass is 9.98. The molecule has 0 saturated heterocycles. The molecule has 0 bridgehead atoms. The maximum atomic E-state index is 2.47. The first-order chi connectivity index (χ1) is 18.9. The van der Waals surface area contributed by atoms with Crippen LogP contribution >= 0.6 is 11.3 Å². The standard InChI is InChI=1S/C36H23NS/c1-4-12-24(13-5-1)26-20-21-32-30(22-26)31-23-29(25-14-6-2-7-15-25)36-34(28-18-10-11-19-33(28)38-36)35(31)37(32)27-16-8-3-9-17-27/h1-23H. The summed E-state index contributed by atoms with van der Waals surface area (Å²) in [6.07, 6.45) is 0. The van der Waals surface area contributed by atoms with Crippen molar-refractivity contribution in [1.29, 1.82) is 0 Å². The predicted octanol–water partition coefficient (Wildman–Crippen LogP) is 10.5. The first-order valence-electron chi connectivity index (χ1n) is 13.0. The van der Waals surface area contributed by atoms with Crippen molar-refractivity contribution in [3.63, 3.8) is 0 Å². The van der Waals surface area contributed by atoms with Crippen LogP contribution in [0.5, 0.6) is 0 Å². The lowest BCUT2D eigenvalue weighted by Gasteiger charge is -2.11.